The Balaban J connectivity index is 1.59. The Hall–Kier alpha value is -1.23. The normalized spacial score (nSPS) is 16.4. The van der Waals surface area contributed by atoms with Gasteiger partial charge in [0.25, 0.3) is 0 Å². The quantitative estimate of drug-likeness (QED) is 0.867. The third kappa shape index (κ3) is 3.34. The average molecular weight is 325 g/mol. The smallest absolute Gasteiger partial charge is 0.128 e. The van der Waals surface area contributed by atoms with Gasteiger partial charge in [-0.15, -0.1) is 0 Å². The van der Waals surface area contributed by atoms with Crippen molar-refractivity contribution in [2.45, 2.75) is 6.54 Å². The zero-order valence-electron chi connectivity index (χ0n) is 12.0. The van der Waals surface area contributed by atoms with Crippen molar-refractivity contribution in [2.24, 2.45) is 7.05 Å². The number of hydrogen-bond acceptors (Lipinski definition) is 3. The molecule has 1 aromatic carbocycles. The Morgan fingerprint density at radius 3 is 2.52 bits per heavy atom. The SMILES string of the molecule is Cn1c(Cl)cnc1CN1CCN(c2cccc(Cl)c2)CC1. The van der Waals surface area contributed by atoms with Crippen LogP contribution >= 0.6 is 23.2 Å². The first-order valence-electron chi connectivity index (χ1n) is 7.02. The van der Waals surface area contributed by atoms with Crippen molar-refractivity contribution >= 4 is 28.9 Å². The second-order valence-electron chi connectivity index (χ2n) is 5.30. The predicted octanol–water partition coefficient (Wildman–Crippen LogP) is 3.05. The van der Waals surface area contributed by atoms with Gasteiger partial charge in [0.15, 0.2) is 0 Å². The minimum absolute atomic E-state index is 0.683. The zero-order valence-corrected chi connectivity index (χ0v) is 13.5. The molecular weight excluding hydrogens is 307 g/mol. The van der Waals surface area contributed by atoms with Gasteiger partial charge >= 0.3 is 0 Å². The van der Waals surface area contributed by atoms with Crippen LogP contribution in [0, 0.1) is 0 Å². The molecule has 1 aromatic heterocycles. The van der Waals surface area contributed by atoms with Crippen LogP contribution in [0.15, 0.2) is 30.5 Å². The lowest BCUT2D eigenvalue weighted by Gasteiger charge is -2.36. The summed E-state index contributed by atoms with van der Waals surface area (Å²) in [6, 6.07) is 8.04. The predicted molar refractivity (Wildman–Crippen MR) is 87.2 cm³/mol. The second kappa shape index (κ2) is 6.26. The number of nitrogens with zero attached hydrogens (tertiary/aromatic N) is 4. The van der Waals surface area contributed by atoms with Gasteiger partial charge in [-0.25, -0.2) is 4.98 Å². The van der Waals surface area contributed by atoms with Gasteiger partial charge in [-0.2, -0.15) is 0 Å². The van der Waals surface area contributed by atoms with Crippen LogP contribution in [0.3, 0.4) is 0 Å². The molecule has 1 fully saturated rings. The van der Waals surface area contributed by atoms with Crippen molar-refractivity contribution in [3.8, 4) is 0 Å². The molecule has 0 spiro atoms. The minimum atomic E-state index is 0.683. The summed E-state index contributed by atoms with van der Waals surface area (Å²) < 4.78 is 1.94. The Kier molecular flexibility index (Phi) is 4.38. The van der Waals surface area contributed by atoms with Crippen LogP contribution in [-0.2, 0) is 13.6 Å². The fourth-order valence-electron chi connectivity index (χ4n) is 2.61. The van der Waals surface area contributed by atoms with E-state index in [1.807, 2.05) is 29.8 Å². The zero-order chi connectivity index (χ0) is 14.8. The largest absolute Gasteiger partial charge is 0.369 e. The Morgan fingerprint density at radius 1 is 1.14 bits per heavy atom. The van der Waals surface area contributed by atoms with Crippen LogP contribution in [0.25, 0.3) is 0 Å². The molecule has 0 unspecified atom stereocenters. The third-order valence-corrected chi connectivity index (χ3v) is 4.52. The van der Waals surface area contributed by atoms with E-state index >= 15 is 0 Å². The van der Waals surface area contributed by atoms with E-state index in [1.54, 1.807) is 6.20 Å². The molecule has 0 bridgehead atoms. The summed E-state index contributed by atoms with van der Waals surface area (Å²) in [6.45, 7) is 4.86. The summed E-state index contributed by atoms with van der Waals surface area (Å²) in [6.07, 6.45) is 1.71. The van der Waals surface area contributed by atoms with Crippen molar-refractivity contribution in [3.05, 3.63) is 46.5 Å². The van der Waals surface area contributed by atoms with Crippen molar-refractivity contribution < 1.29 is 0 Å². The highest BCUT2D eigenvalue weighted by Crippen LogP contribution is 2.21. The van der Waals surface area contributed by atoms with E-state index in [4.69, 9.17) is 23.2 Å². The van der Waals surface area contributed by atoms with Gasteiger partial charge in [0.2, 0.25) is 0 Å². The van der Waals surface area contributed by atoms with Crippen LogP contribution in [0.4, 0.5) is 5.69 Å². The first-order valence-corrected chi connectivity index (χ1v) is 7.78. The van der Waals surface area contributed by atoms with Crippen LogP contribution in [0.2, 0.25) is 10.2 Å². The van der Waals surface area contributed by atoms with Crippen molar-refractivity contribution in [1.29, 1.82) is 0 Å². The Morgan fingerprint density at radius 2 is 1.90 bits per heavy atom. The van der Waals surface area contributed by atoms with Crippen LogP contribution < -0.4 is 4.90 Å². The number of rotatable bonds is 3. The highest BCUT2D eigenvalue weighted by molar-refractivity contribution is 6.30. The van der Waals surface area contributed by atoms with E-state index in [-0.39, 0.29) is 0 Å². The molecule has 1 aliphatic heterocycles. The first kappa shape index (κ1) is 14.7. The molecule has 0 saturated carbocycles. The standard InChI is InChI=1S/C15H18Cl2N4/c1-19-14(17)10-18-15(19)11-20-5-7-21(8-6-20)13-4-2-3-12(16)9-13/h2-4,9-10H,5-8,11H2,1H3. The molecule has 112 valence electrons. The summed E-state index contributed by atoms with van der Waals surface area (Å²) in [7, 11) is 1.95. The summed E-state index contributed by atoms with van der Waals surface area (Å²) in [5.74, 6) is 1.01. The molecule has 1 aliphatic rings. The fourth-order valence-corrected chi connectivity index (χ4v) is 2.94. The molecule has 0 atom stereocenters. The van der Waals surface area contributed by atoms with E-state index in [0.29, 0.717) is 5.15 Å². The molecule has 1 saturated heterocycles. The Labute approximate surface area is 134 Å². The molecule has 6 heteroatoms. The number of hydrogen-bond donors (Lipinski definition) is 0. The molecule has 2 aromatic rings. The highest BCUT2D eigenvalue weighted by atomic mass is 35.5. The van der Waals surface area contributed by atoms with Crippen LogP contribution in [-0.4, -0.2) is 40.6 Å². The van der Waals surface area contributed by atoms with Gasteiger partial charge < -0.3 is 9.47 Å². The van der Waals surface area contributed by atoms with Gasteiger partial charge in [0.1, 0.15) is 11.0 Å². The highest BCUT2D eigenvalue weighted by Gasteiger charge is 2.19. The average Bonchev–Trinajstić information content (AvgIpc) is 2.80. The molecule has 3 rings (SSSR count). The molecule has 2 heterocycles. The molecular formula is C15H18Cl2N4. The first-order chi connectivity index (χ1) is 10.1. The number of benzene rings is 1. The maximum absolute atomic E-state index is 6.06. The number of anilines is 1. The fraction of sp³-hybridized carbons (Fsp3) is 0.400. The maximum atomic E-state index is 6.06. The number of imidazole rings is 1. The Bertz CT molecular complexity index is 618. The monoisotopic (exact) mass is 324 g/mol. The summed E-state index contributed by atoms with van der Waals surface area (Å²) in [4.78, 5) is 9.13. The van der Waals surface area contributed by atoms with Crippen LogP contribution in [0.5, 0.6) is 0 Å². The van der Waals surface area contributed by atoms with Crippen LogP contribution in [0.1, 0.15) is 5.82 Å². The molecule has 4 nitrogen and oxygen atoms in total. The summed E-state index contributed by atoms with van der Waals surface area (Å²) in [5, 5.41) is 1.47. The lowest BCUT2D eigenvalue weighted by Crippen LogP contribution is -2.46. The molecule has 0 radical (unpaired) electrons. The minimum Gasteiger partial charge on any atom is -0.369 e. The molecule has 21 heavy (non-hydrogen) atoms. The number of halogens is 2. The molecule has 0 aliphatic carbocycles. The van der Waals surface area contributed by atoms with E-state index in [0.717, 1.165) is 43.6 Å². The van der Waals surface area contributed by atoms with E-state index in [2.05, 4.69) is 20.9 Å². The molecule has 0 amide bonds. The molecule has 0 N–H and O–H groups in total. The van der Waals surface area contributed by atoms with Gasteiger partial charge in [0.05, 0.1) is 12.7 Å². The van der Waals surface area contributed by atoms with Crippen molar-refractivity contribution in [3.63, 3.8) is 0 Å². The van der Waals surface area contributed by atoms with E-state index in [1.165, 1.54) is 5.69 Å². The van der Waals surface area contributed by atoms with Gasteiger partial charge in [-0.3, -0.25) is 4.90 Å². The van der Waals surface area contributed by atoms with E-state index < -0.39 is 0 Å². The number of aromatic nitrogens is 2. The second-order valence-corrected chi connectivity index (χ2v) is 6.12. The third-order valence-electron chi connectivity index (χ3n) is 3.94. The summed E-state index contributed by atoms with van der Waals surface area (Å²) >= 11 is 12.1. The number of piperazine rings is 1. The van der Waals surface area contributed by atoms with Gasteiger partial charge in [-0.05, 0) is 18.2 Å². The topological polar surface area (TPSA) is 24.3 Å². The lowest BCUT2D eigenvalue weighted by atomic mass is 10.2. The lowest BCUT2D eigenvalue weighted by molar-refractivity contribution is 0.242. The summed E-state index contributed by atoms with van der Waals surface area (Å²) in [5.41, 5.74) is 1.20. The van der Waals surface area contributed by atoms with Crippen molar-refractivity contribution in [1.82, 2.24) is 14.5 Å². The van der Waals surface area contributed by atoms with Gasteiger partial charge in [-0.1, -0.05) is 29.3 Å². The van der Waals surface area contributed by atoms with Gasteiger partial charge in [0, 0.05) is 43.9 Å². The van der Waals surface area contributed by atoms with Crippen molar-refractivity contribution in [2.75, 3.05) is 31.1 Å². The maximum Gasteiger partial charge on any atom is 0.128 e. The van der Waals surface area contributed by atoms with E-state index in [9.17, 15) is 0 Å².